The van der Waals surface area contributed by atoms with Gasteiger partial charge in [0.05, 0.1) is 11.1 Å². The van der Waals surface area contributed by atoms with E-state index in [1.54, 1.807) is 0 Å². The van der Waals surface area contributed by atoms with E-state index in [1.165, 1.54) is 0 Å². The SMILES string of the molecule is O=c1[nH]c(=O)c2sc3nc4c(c(C(F)(F)F)c3c2[nH]1)CCCCC4. The molecular weight excluding hydrogens is 343 g/mol. The van der Waals surface area contributed by atoms with Crippen molar-refractivity contribution in [3.05, 3.63) is 37.7 Å². The molecular formula is C15H12F3N3O2S. The Bertz CT molecular complexity index is 1080. The van der Waals surface area contributed by atoms with Gasteiger partial charge in [-0.3, -0.25) is 9.78 Å². The molecule has 0 spiro atoms. The smallest absolute Gasteiger partial charge is 0.305 e. The third-order valence-electron chi connectivity index (χ3n) is 4.32. The van der Waals surface area contributed by atoms with Crippen molar-refractivity contribution in [2.75, 3.05) is 0 Å². The summed E-state index contributed by atoms with van der Waals surface area (Å²) >= 11 is 0.882. The number of aromatic amines is 2. The van der Waals surface area contributed by atoms with Crippen molar-refractivity contribution in [1.29, 1.82) is 0 Å². The number of fused-ring (bicyclic) bond motifs is 4. The van der Waals surface area contributed by atoms with Crippen molar-refractivity contribution < 1.29 is 13.2 Å². The molecule has 0 amide bonds. The van der Waals surface area contributed by atoms with Gasteiger partial charge in [0.2, 0.25) is 0 Å². The summed E-state index contributed by atoms with van der Waals surface area (Å²) in [5.74, 6) is 0. The molecule has 9 heteroatoms. The van der Waals surface area contributed by atoms with Crippen LogP contribution in [0.25, 0.3) is 20.4 Å². The van der Waals surface area contributed by atoms with E-state index < -0.39 is 23.0 Å². The summed E-state index contributed by atoms with van der Waals surface area (Å²) in [7, 11) is 0. The van der Waals surface area contributed by atoms with Crippen LogP contribution in [0.15, 0.2) is 9.59 Å². The average molecular weight is 355 g/mol. The second-order valence-corrected chi connectivity index (χ2v) is 6.86. The number of thiophene rings is 1. The predicted octanol–water partition coefficient (Wildman–Crippen LogP) is 3.11. The zero-order valence-electron chi connectivity index (χ0n) is 12.3. The lowest BCUT2D eigenvalue weighted by molar-refractivity contribution is -0.136. The molecule has 3 aromatic heterocycles. The first-order valence-corrected chi connectivity index (χ1v) is 8.35. The number of H-pyrrole nitrogens is 2. The van der Waals surface area contributed by atoms with Gasteiger partial charge in [0, 0.05) is 11.1 Å². The Kier molecular flexibility index (Phi) is 3.31. The molecule has 1 aliphatic rings. The first-order chi connectivity index (χ1) is 11.4. The maximum Gasteiger partial charge on any atom is 0.417 e. The molecule has 3 aromatic rings. The molecule has 0 bridgehead atoms. The molecule has 0 radical (unpaired) electrons. The number of nitrogens with one attached hydrogen (secondary N) is 2. The fraction of sp³-hybridized carbons (Fsp3) is 0.400. The van der Waals surface area contributed by atoms with Crippen molar-refractivity contribution in [2.45, 2.75) is 38.3 Å². The number of pyridine rings is 1. The molecule has 0 atom stereocenters. The van der Waals surface area contributed by atoms with Crippen LogP contribution in [-0.2, 0) is 19.0 Å². The number of hydrogen-bond donors (Lipinski definition) is 2. The van der Waals surface area contributed by atoms with Gasteiger partial charge in [-0.1, -0.05) is 6.42 Å². The highest BCUT2D eigenvalue weighted by molar-refractivity contribution is 7.25. The minimum atomic E-state index is -4.58. The molecule has 0 fully saturated rings. The molecule has 126 valence electrons. The standard InChI is InChI=1S/C15H12F3N3O2S/c16-15(17,18)9-6-4-2-1-3-5-7(6)19-13-8(9)10-11(24-13)12(22)21-14(23)20-10/h1-5H2,(H2,20,21,22,23). The van der Waals surface area contributed by atoms with E-state index >= 15 is 0 Å². The van der Waals surface area contributed by atoms with Gasteiger partial charge in [0.1, 0.15) is 9.53 Å². The van der Waals surface area contributed by atoms with E-state index in [1.807, 2.05) is 4.98 Å². The molecule has 0 aromatic carbocycles. The average Bonchev–Trinajstić information content (AvgIpc) is 2.68. The van der Waals surface area contributed by atoms with Crippen LogP contribution in [0.1, 0.15) is 36.1 Å². The van der Waals surface area contributed by atoms with Gasteiger partial charge in [0.15, 0.2) is 0 Å². The van der Waals surface area contributed by atoms with Crippen LogP contribution in [0.5, 0.6) is 0 Å². The van der Waals surface area contributed by atoms with Crippen molar-refractivity contribution in [3.63, 3.8) is 0 Å². The molecule has 0 saturated heterocycles. The van der Waals surface area contributed by atoms with Crippen molar-refractivity contribution in [3.8, 4) is 0 Å². The van der Waals surface area contributed by atoms with Crippen LogP contribution in [0.2, 0.25) is 0 Å². The van der Waals surface area contributed by atoms with Gasteiger partial charge in [-0.15, -0.1) is 11.3 Å². The molecule has 1 aliphatic carbocycles. The molecule has 0 unspecified atom stereocenters. The first-order valence-electron chi connectivity index (χ1n) is 7.54. The lowest BCUT2D eigenvalue weighted by atomic mass is 9.98. The Labute approximate surface area is 136 Å². The summed E-state index contributed by atoms with van der Waals surface area (Å²) in [6, 6.07) is 0. The number of halogens is 3. The zero-order valence-corrected chi connectivity index (χ0v) is 13.2. The maximum atomic E-state index is 13.8. The monoisotopic (exact) mass is 355 g/mol. The first kappa shape index (κ1) is 15.4. The van der Waals surface area contributed by atoms with Crippen LogP contribution < -0.4 is 11.2 Å². The zero-order chi connectivity index (χ0) is 17.1. The van der Waals surface area contributed by atoms with Crippen molar-refractivity contribution in [1.82, 2.24) is 15.0 Å². The van der Waals surface area contributed by atoms with Crippen LogP contribution in [0.4, 0.5) is 13.2 Å². The highest BCUT2D eigenvalue weighted by Gasteiger charge is 2.39. The molecule has 3 heterocycles. The van der Waals surface area contributed by atoms with Crippen molar-refractivity contribution >= 4 is 31.8 Å². The van der Waals surface area contributed by atoms with Gasteiger partial charge < -0.3 is 4.98 Å². The summed E-state index contributed by atoms with van der Waals surface area (Å²) < 4.78 is 41.6. The van der Waals surface area contributed by atoms with E-state index in [2.05, 4.69) is 9.97 Å². The number of aromatic nitrogens is 3. The topological polar surface area (TPSA) is 78.6 Å². The van der Waals surface area contributed by atoms with Crippen LogP contribution in [0.3, 0.4) is 0 Å². The summed E-state index contributed by atoms with van der Waals surface area (Å²) in [6.07, 6.45) is -1.46. The number of nitrogens with zero attached hydrogens (tertiary/aromatic N) is 1. The number of hydrogen-bond acceptors (Lipinski definition) is 4. The fourth-order valence-electron chi connectivity index (χ4n) is 3.36. The molecule has 4 rings (SSSR count). The largest absolute Gasteiger partial charge is 0.417 e. The Morgan fingerprint density at radius 1 is 1.04 bits per heavy atom. The molecule has 24 heavy (non-hydrogen) atoms. The van der Waals surface area contributed by atoms with E-state index in [0.717, 1.165) is 24.2 Å². The minimum Gasteiger partial charge on any atom is -0.305 e. The third kappa shape index (κ3) is 2.26. The van der Waals surface area contributed by atoms with E-state index in [4.69, 9.17) is 0 Å². The summed E-state index contributed by atoms with van der Waals surface area (Å²) in [5.41, 5.74) is -1.69. The van der Waals surface area contributed by atoms with Crippen LogP contribution >= 0.6 is 11.3 Å². The summed E-state index contributed by atoms with van der Waals surface area (Å²) in [6.45, 7) is 0. The highest BCUT2D eigenvalue weighted by Crippen LogP contribution is 2.43. The second-order valence-electron chi connectivity index (χ2n) is 5.87. The van der Waals surface area contributed by atoms with Gasteiger partial charge in [-0.25, -0.2) is 9.78 Å². The Hall–Kier alpha value is -2.16. The summed E-state index contributed by atoms with van der Waals surface area (Å²) in [4.78, 5) is 32.4. The van der Waals surface area contributed by atoms with E-state index in [0.29, 0.717) is 25.0 Å². The van der Waals surface area contributed by atoms with Gasteiger partial charge >= 0.3 is 11.9 Å². The maximum absolute atomic E-state index is 13.8. The van der Waals surface area contributed by atoms with Gasteiger partial charge in [-0.05, 0) is 31.2 Å². The van der Waals surface area contributed by atoms with Crippen LogP contribution in [-0.4, -0.2) is 15.0 Å². The van der Waals surface area contributed by atoms with Crippen LogP contribution in [0, 0.1) is 0 Å². The predicted molar refractivity (Wildman–Crippen MR) is 84.6 cm³/mol. The second kappa shape index (κ2) is 5.17. The van der Waals surface area contributed by atoms with Gasteiger partial charge in [-0.2, -0.15) is 13.2 Å². The van der Waals surface area contributed by atoms with E-state index in [9.17, 15) is 22.8 Å². The minimum absolute atomic E-state index is 0.0581. The third-order valence-corrected chi connectivity index (χ3v) is 5.40. The molecule has 0 aliphatic heterocycles. The molecule has 0 saturated carbocycles. The molecule has 2 N–H and O–H groups in total. The quantitative estimate of drug-likeness (QED) is 0.608. The Balaban J connectivity index is 2.25. The Morgan fingerprint density at radius 2 is 1.79 bits per heavy atom. The normalized spacial score (nSPS) is 15.6. The lowest BCUT2D eigenvalue weighted by Crippen LogP contribution is -2.21. The lowest BCUT2D eigenvalue weighted by Gasteiger charge is -2.16. The number of aryl methyl sites for hydroxylation is 1. The number of rotatable bonds is 0. The summed E-state index contributed by atoms with van der Waals surface area (Å²) in [5, 5.41) is -0.161. The fourth-order valence-corrected chi connectivity index (χ4v) is 4.41. The van der Waals surface area contributed by atoms with E-state index in [-0.39, 0.29) is 26.0 Å². The Morgan fingerprint density at radius 3 is 2.54 bits per heavy atom. The molecule has 5 nitrogen and oxygen atoms in total. The number of alkyl halides is 3. The highest BCUT2D eigenvalue weighted by atomic mass is 32.1. The van der Waals surface area contributed by atoms with Crippen molar-refractivity contribution in [2.24, 2.45) is 0 Å². The van der Waals surface area contributed by atoms with Gasteiger partial charge in [0.25, 0.3) is 5.56 Å².